The van der Waals surface area contributed by atoms with Gasteiger partial charge in [0.05, 0.1) is 5.69 Å². The van der Waals surface area contributed by atoms with Crippen molar-refractivity contribution in [1.82, 2.24) is 4.98 Å². The maximum atomic E-state index is 12.6. The standard InChI is InChI=1S/C15H13BN2O2/c16-12-8-10(3-4-14(12)19)15(20)18-7-1-2-11-9-17-6-5-13(11)18/h3-6,8-9,19H,1-2,7H2. The third kappa shape index (κ3) is 2.15. The van der Waals surface area contributed by atoms with E-state index < -0.39 is 0 Å². The van der Waals surface area contributed by atoms with E-state index >= 15 is 0 Å². The molecule has 0 spiro atoms. The number of hydrogen-bond donors (Lipinski definition) is 1. The quantitative estimate of drug-likeness (QED) is 0.787. The maximum Gasteiger partial charge on any atom is 0.258 e. The molecule has 1 aromatic heterocycles. The molecule has 1 aliphatic rings. The lowest BCUT2D eigenvalue weighted by molar-refractivity contribution is 0.0985. The van der Waals surface area contributed by atoms with E-state index in [0.717, 1.165) is 24.1 Å². The number of carbonyl (C=O) groups is 1. The van der Waals surface area contributed by atoms with E-state index in [0.29, 0.717) is 12.1 Å². The molecule has 0 fully saturated rings. The summed E-state index contributed by atoms with van der Waals surface area (Å²) in [5.74, 6) is -0.117. The van der Waals surface area contributed by atoms with Gasteiger partial charge in [-0.2, -0.15) is 0 Å². The average Bonchev–Trinajstić information content (AvgIpc) is 2.49. The monoisotopic (exact) mass is 264 g/mol. The fourth-order valence-electron chi connectivity index (χ4n) is 2.48. The second-order valence-corrected chi connectivity index (χ2v) is 4.84. The van der Waals surface area contributed by atoms with Crippen LogP contribution in [-0.4, -0.2) is 30.4 Å². The summed E-state index contributed by atoms with van der Waals surface area (Å²) in [5.41, 5.74) is 2.68. The number of aromatic hydroxyl groups is 1. The van der Waals surface area contributed by atoms with Gasteiger partial charge in [0.15, 0.2) is 0 Å². The number of amides is 1. The Morgan fingerprint density at radius 1 is 1.35 bits per heavy atom. The average molecular weight is 264 g/mol. The number of phenolic OH excluding ortho intramolecular Hbond substituents is 1. The summed E-state index contributed by atoms with van der Waals surface area (Å²) in [4.78, 5) is 18.4. The minimum atomic E-state index is -0.108. The molecule has 0 saturated heterocycles. The number of rotatable bonds is 1. The van der Waals surface area contributed by atoms with Gasteiger partial charge < -0.3 is 10.0 Å². The predicted octanol–water partition coefficient (Wildman–Crippen LogP) is 1.17. The van der Waals surface area contributed by atoms with Crippen molar-refractivity contribution < 1.29 is 9.90 Å². The van der Waals surface area contributed by atoms with Crippen molar-refractivity contribution in [3.8, 4) is 5.75 Å². The van der Waals surface area contributed by atoms with Crippen molar-refractivity contribution in [2.45, 2.75) is 12.8 Å². The Bertz CT molecular complexity index is 673. The Hall–Kier alpha value is -2.30. The predicted molar refractivity (Wildman–Crippen MR) is 77.7 cm³/mol. The number of fused-ring (bicyclic) bond motifs is 1. The number of aromatic nitrogens is 1. The molecule has 0 bridgehead atoms. The van der Waals surface area contributed by atoms with E-state index in [2.05, 4.69) is 4.98 Å². The fourth-order valence-corrected chi connectivity index (χ4v) is 2.48. The molecular weight excluding hydrogens is 251 g/mol. The number of hydrogen-bond acceptors (Lipinski definition) is 3. The van der Waals surface area contributed by atoms with E-state index in [1.165, 1.54) is 12.1 Å². The summed E-state index contributed by atoms with van der Waals surface area (Å²) in [7, 11) is 5.65. The van der Waals surface area contributed by atoms with E-state index in [4.69, 9.17) is 7.85 Å². The van der Waals surface area contributed by atoms with Gasteiger partial charge in [-0.3, -0.25) is 9.78 Å². The van der Waals surface area contributed by atoms with Crippen LogP contribution in [0.15, 0.2) is 36.7 Å². The molecule has 1 aromatic carbocycles. The second-order valence-electron chi connectivity index (χ2n) is 4.84. The molecule has 2 aromatic rings. The van der Waals surface area contributed by atoms with Crippen molar-refractivity contribution in [2.24, 2.45) is 0 Å². The zero-order chi connectivity index (χ0) is 14.1. The summed E-state index contributed by atoms with van der Waals surface area (Å²) in [6, 6.07) is 6.40. The second kappa shape index (κ2) is 5.00. The number of pyridine rings is 1. The van der Waals surface area contributed by atoms with Gasteiger partial charge in [-0.05, 0) is 36.6 Å². The van der Waals surface area contributed by atoms with E-state index in [-0.39, 0.29) is 17.1 Å². The van der Waals surface area contributed by atoms with Crippen molar-refractivity contribution >= 4 is 24.9 Å². The van der Waals surface area contributed by atoms with E-state index in [1.807, 2.05) is 6.07 Å². The SMILES string of the molecule is [B]c1cc(C(=O)N2CCCc3cnccc32)ccc1O. The Labute approximate surface area is 118 Å². The molecular formula is C15H13BN2O2. The van der Waals surface area contributed by atoms with Crippen LogP contribution < -0.4 is 10.4 Å². The molecule has 1 amide bonds. The summed E-state index contributed by atoms with van der Waals surface area (Å²) < 4.78 is 0. The largest absolute Gasteiger partial charge is 0.509 e. The van der Waals surface area contributed by atoms with E-state index in [1.54, 1.807) is 23.4 Å². The van der Waals surface area contributed by atoms with Crippen LogP contribution in [0.2, 0.25) is 0 Å². The zero-order valence-electron chi connectivity index (χ0n) is 10.9. The van der Waals surface area contributed by atoms with Crippen LogP contribution in [-0.2, 0) is 6.42 Å². The normalized spacial score (nSPS) is 13.9. The zero-order valence-corrected chi connectivity index (χ0v) is 10.9. The Kier molecular flexibility index (Phi) is 3.18. The number of nitrogens with zero attached hydrogens (tertiary/aromatic N) is 2. The summed E-state index contributed by atoms with van der Waals surface area (Å²) >= 11 is 0. The van der Waals surface area contributed by atoms with Crippen LogP contribution in [0.1, 0.15) is 22.3 Å². The number of carbonyl (C=O) groups excluding carboxylic acids is 1. The van der Waals surface area contributed by atoms with Gasteiger partial charge in [0, 0.05) is 24.5 Å². The Morgan fingerprint density at radius 3 is 3.00 bits per heavy atom. The van der Waals surface area contributed by atoms with Crippen LogP contribution in [0.4, 0.5) is 5.69 Å². The number of benzene rings is 1. The molecule has 20 heavy (non-hydrogen) atoms. The first kappa shape index (κ1) is 12.7. The molecule has 0 atom stereocenters. The molecule has 98 valence electrons. The van der Waals surface area contributed by atoms with Gasteiger partial charge in [-0.1, -0.05) is 11.5 Å². The lowest BCUT2D eigenvalue weighted by Crippen LogP contribution is -2.35. The number of anilines is 1. The molecule has 4 nitrogen and oxygen atoms in total. The third-order valence-corrected chi connectivity index (χ3v) is 3.52. The van der Waals surface area contributed by atoms with Crippen LogP contribution >= 0.6 is 0 Å². The summed E-state index contributed by atoms with van der Waals surface area (Å²) in [6.07, 6.45) is 5.35. The lowest BCUT2D eigenvalue weighted by atomic mass is 9.92. The summed E-state index contributed by atoms with van der Waals surface area (Å²) in [5, 5.41) is 9.44. The van der Waals surface area contributed by atoms with Crippen LogP contribution in [0.3, 0.4) is 0 Å². The first-order chi connectivity index (χ1) is 9.66. The van der Waals surface area contributed by atoms with Crippen molar-refractivity contribution in [3.05, 3.63) is 47.8 Å². The topological polar surface area (TPSA) is 53.4 Å². The van der Waals surface area contributed by atoms with Crippen LogP contribution in [0, 0.1) is 0 Å². The molecule has 2 heterocycles. The van der Waals surface area contributed by atoms with Gasteiger partial charge >= 0.3 is 0 Å². The molecule has 0 aliphatic carbocycles. The van der Waals surface area contributed by atoms with Crippen molar-refractivity contribution in [3.63, 3.8) is 0 Å². The highest BCUT2D eigenvalue weighted by molar-refractivity contribution is 6.34. The number of aryl methyl sites for hydroxylation is 1. The molecule has 2 radical (unpaired) electrons. The van der Waals surface area contributed by atoms with Crippen LogP contribution in [0.5, 0.6) is 5.75 Å². The van der Waals surface area contributed by atoms with Gasteiger partial charge in [-0.15, -0.1) is 0 Å². The highest BCUT2D eigenvalue weighted by atomic mass is 16.3. The van der Waals surface area contributed by atoms with Crippen molar-refractivity contribution in [1.29, 1.82) is 0 Å². The van der Waals surface area contributed by atoms with E-state index in [9.17, 15) is 9.90 Å². The van der Waals surface area contributed by atoms with Crippen LogP contribution in [0.25, 0.3) is 0 Å². The minimum absolute atomic E-state index is 0.00945. The maximum absolute atomic E-state index is 12.6. The summed E-state index contributed by atoms with van der Waals surface area (Å²) in [6.45, 7) is 0.677. The lowest BCUT2D eigenvalue weighted by Gasteiger charge is -2.29. The first-order valence-corrected chi connectivity index (χ1v) is 6.50. The van der Waals surface area contributed by atoms with Gasteiger partial charge in [0.2, 0.25) is 0 Å². The fraction of sp³-hybridized carbons (Fsp3) is 0.200. The molecule has 1 N–H and O–H groups in total. The first-order valence-electron chi connectivity index (χ1n) is 6.50. The smallest absolute Gasteiger partial charge is 0.258 e. The molecule has 0 unspecified atom stereocenters. The van der Waals surface area contributed by atoms with Gasteiger partial charge in [-0.25, -0.2) is 0 Å². The number of phenols is 1. The Balaban J connectivity index is 1.97. The molecule has 5 heteroatoms. The minimum Gasteiger partial charge on any atom is -0.509 e. The third-order valence-electron chi connectivity index (χ3n) is 3.52. The highest BCUT2D eigenvalue weighted by Gasteiger charge is 2.23. The molecule has 3 rings (SSSR count). The Morgan fingerprint density at radius 2 is 2.20 bits per heavy atom. The van der Waals surface area contributed by atoms with Gasteiger partial charge in [0.1, 0.15) is 13.6 Å². The van der Waals surface area contributed by atoms with Gasteiger partial charge in [0.25, 0.3) is 5.91 Å². The molecule has 1 aliphatic heterocycles. The molecule has 0 saturated carbocycles. The van der Waals surface area contributed by atoms with Crippen molar-refractivity contribution in [2.75, 3.05) is 11.4 Å². The highest BCUT2D eigenvalue weighted by Crippen LogP contribution is 2.27.